The number of likely N-dealkylation sites (tertiary alicyclic amines) is 1. The smallest absolute Gasteiger partial charge is 0.251 e. The second-order valence-electron chi connectivity index (χ2n) is 7.45. The summed E-state index contributed by atoms with van der Waals surface area (Å²) in [4.78, 5) is 22.1. The van der Waals surface area contributed by atoms with Crippen molar-refractivity contribution in [1.29, 1.82) is 0 Å². The number of anilines is 2. The lowest BCUT2D eigenvalue weighted by atomic mass is 10.1. The van der Waals surface area contributed by atoms with Crippen molar-refractivity contribution in [1.82, 2.24) is 14.9 Å². The molecule has 3 aromatic rings. The summed E-state index contributed by atoms with van der Waals surface area (Å²) in [5.41, 5.74) is 0.880. The van der Waals surface area contributed by atoms with Crippen LogP contribution in [0.15, 0.2) is 42.7 Å². The van der Waals surface area contributed by atoms with E-state index in [1.54, 1.807) is 17.0 Å². The molecule has 2 aromatic carbocycles. The molecule has 31 heavy (non-hydrogen) atoms. The maximum absolute atomic E-state index is 14.2. The topological polar surface area (TPSA) is 87.6 Å². The van der Waals surface area contributed by atoms with Gasteiger partial charge in [0.25, 0.3) is 5.91 Å². The largest absolute Gasteiger partial charge is 0.490 e. The zero-order chi connectivity index (χ0) is 22.0. The molecule has 2 heterocycles. The highest BCUT2D eigenvalue weighted by molar-refractivity contribution is 6.31. The fraction of sp³-hybridized carbons (Fsp3) is 0.318. The van der Waals surface area contributed by atoms with Gasteiger partial charge in [-0.25, -0.2) is 14.4 Å². The quantitative estimate of drug-likeness (QED) is 0.620. The van der Waals surface area contributed by atoms with Gasteiger partial charge in [0.2, 0.25) is 0 Å². The van der Waals surface area contributed by atoms with E-state index in [2.05, 4.69) is 15.3 Å². The fourth-order valence-electron chi connectivity index (χ4n) is 3.59. The first kappa shape index (κ1) is 21.3. The summed E-state index contributed by atoms with van der Waals surface area (Å²) in [6.45, 7) is 2.57. The Bertz CT molecular complexity index is 1100. The number of ether oxygens (including phenoxy) is 1. The molecule has 1 aromatic heterocycles. The minimum Gasteiger partial charge on any atom is -0.490 e. The zero-order valence-corrected chi connectivity index (χ0v) is 17.6. The van der Waals surface area contributed by atoms with Crippen molar-refractivity contribution in [2.75, 3.05) is 18.4 Å². The summed E-state index contributed by atoms with van der Waals surface area (Å²) >= 11 is 5.85. The van der Waals surface area contributed by atoms with Crippen LogP contribution in [0.25, 0.3) is 10.9 Å². The first-order valence-corrected chi connectivity index (χ1v) is 10.4. The molecule has 2 N–H and O–H groups in total. The summed E-state index contributed by atoms with van der Waals surface area (Å²) in [5.74, 6) is 0.322. The molecule has 0 radical (unpaired) electrons. The Labute approximate surface area is 183 Å². The van der Waals surface area contributed by atoms with Gasteiger partial charge in [0.15, 0.2) is 5.82 Å². The number of halogens is 2. The van der Waals surface area contributed by atoms with Crippen LogP contribution in [0.3, 0.4) is 0 Å². The van der Waals surface area contributed by atoms with E-state index in [9.17, 15) is 14.3 Å². The summed E-state index contributed by atoms with van der Waals surface area (Å²) in [6.07, 6.45) is 1.75. The summed E-state index contributed by atoms with van der Waals surface area (Å²) in [5, 5.41) is 13.2. The van der Waals surface area contributed by atoms with Gasteiger partial charge in [-0.3, -0.25) is 4.79 Å². The molecule has 0 unspecified atom stereocenters. The average molecular weight is 445 g/mol. The number of hydrogen-bond donors (Lipinski definition) is 2. The molecule has 0 saturated carbocycles. The Hall–Kier alpha value is -2.97. The van der Waals surface area contributed by atoms with Crippen LogP contribution in [-0.4, -0.2) is 51.2 Å². The Morgan fingerprint density at radius 3 is 2.81 bits per heavy atom. The van der Waals surface area contributed by atoms with Crippen molar-refractivity contribution >= 4 is 39.9 Å². The summed E-state index contributed by atoms with van der Waals surface area (Å²) < 4.78 is 20.3. The van der Waals surface area contributed by atoms with Crippen molar-refractivity contribution in [2.24, 2.45) is 0 Å². The molecule has 1 aliphatic rings. The van der Waals surface area contributed by atoms with Gasteiger partial charge in [-0.15, -0.1) is 0 Å². The van der Waals surface area contributed by atoms with Crippen molar-refractivity contribution < 1.29 is 19.0 Å². The van der Waals surface area contributed by atoms with Gasteiger partial charge >= 0.3 is 0 Å². The summed E-state index contributed by atoms with van der Waals surface area (Å²) in [7, 11) is 0. The third-order valence-electron chi connectivity index (χ3n) is 5.23. The molecule has 7 nitrogen and oxygen atoms in total. The molecule has 0 bridgehead atoms. The highest BCUT2D eigenvalue weighted by Crippen LogP contribution is 2.30. The first-order valence-electron chi connectivity index (χ1n) is 10.0. The van der Waals surface area contributed by atoms with Crippen molar-refractivity contribution in [2.45, 2.75) is 32.0 Å². The Kier molecular flexibility index (Phi) is 6.20. The van der Waals surface area contributed by atoms with Gasteiger partial charge in [0, 0.05) is 37.4 Å². The number of rotatable bonds is 5. The monoisotopic (exact) mass is 444 g/mol. The second-order valence-corrected chi connectivity index (χ2v) is 7.85. The number of piperidine rings is 1. The zero-order valence-electron chi connectivity index (χ0n) is 16.9. The number of amides is 1. The van der Waals surface area contributed by atoms with Gasteiger partial charge in [-0.1, -0.05) is 17.7 Å². The molecule has 1 aliphatic heterocycles. The van der Waals surface area contributed by atoms with E-state index < -0.39 is 11.9 Å². The Morgan fingerprint density at radius 2 is 2.06 bits per heavy atom. The van der Waals surface area contributed by atoms with Crippen LogP contribution in [0.5, 0.6) is 5.75 Å². The average Bonchev–Trinajstić information content (AvgIpc) is 2.77. The number of aromatic nitrogens is 2. The van der Waals surface area contributed by atoms with E-state index in [1.807, 2.05) is 18.2 Å². The molecule has 1 atom stereocenters. The van der Waals surface area contributed by atoms with Crippen LogP contribution in [0, 0.1) is 5.82 Å². The first-order chi connectivity index (χ1) is 14.9. The number of aliphatic hydroxyl groups is 1. The predicted octanol–water partition coefficient (Wildman–Crippen LogP) is 3.92. The van der Waals surface area contributed by atoms with Gasteiger partial charge < -0.3 is 20.1 Å². The molecule has 9 heteroatoms. The number of nitrogens with one attached hydrogen (secondary N) is 1. The SMILES string of the molecule is C[C@H](O)C(=O)N1CCC(Oc2ccc3c(Nc4cccc(Cl)c4F)ncnc3c2)CC1. The molecule has 1 saturated heterocycles. The highest BCUT2D eigenvalue weighted by Gasteiger charge is 2.26. The number of carbonyl (C=O) groups is 1. The number of hydrogen-bond acceptors (Lipinski definition) is 6. The van der Waals surface area contributed by atoms with E-state index >= 15 is 0 Å². The number of aliphatic hydroxyl groups excluding tert-OH is 1. The standard InChI is InChI=1S/C22H22ClFN4O3/c1-13(29)22(30)28-9-7-14(8-10-28)31-15-5-6-16-19(11-15)25-12-26-21(16)27-18-4-2-3-17(23)20(18)24/h2-6,11-14,29H,7-10H2,1H3,(H,25,26,27)/t13-/m0/s1. The third kappa shape index (κ3) is 4.70. The third-order valence-corrected chi connectivity index (χ3v) is 5.52. The minimum atomic E-state index is -0.985. The van der Waals surface area contributed by atoms with Crippen molar-refractivity contribution in [3.8, 4) is 5.75 Å². The van der Waals surface area contributed by atoms with E-state index in [0.29, 0.717) is 48.4 Å². The molecular weight excluding hydrogens is 423 g/mol. The van der Waals surface area contributed by atoms with Gasteiger partial charge in [-0.05, 0) is 31.2 Å². The highest BCUT2D eigenvalue weighted by atomic mass is 35.5. The van der Waals surface area contributed by atoms with Crippen LogP contribution >= 0.6 is 11.6 Å². The van der Waals surface area contributed by atoms with Crippen LogP contribution < -0.4 is 10.1 Å². The maximum atomic E-state index is 14.2. The van der Waals surface area contributed by atoms with Gasteiger partial charge in [0.1, 0.15) is 30.1 Å². The molecule has 1 fully saturated rings. The molecule has 162 valence electrons. The Balaban J connectivity index is 1.47. The molecule has 1 amide bonds. The maximum Gasteiger partial charge on any atom is 0.251 e. The molecule has 0 aliphatic carbocycles. The fourth-order valence-corrected chi connectivity index (χ4v) is 3.76. The van der Waals surface area contributed by atoms with Crippen LogP contribution in [-0.2, 0) is 4.79 Å². The predicted molar refractivity (Wildman–Crippen MR) is 116 cm³/mol. The Morgan fingerprint density at radius 1 is 1.29 bits per heavy atom. The minimum absolute atomic E-state index is 0.0280. The van der Waals surface area contributed by atoms with E-state index in [4.69, 9.17) is 16.3 Å². The number of benzene rings is 2. The number of carbonyl (C=O) groups excluding carboxylic acids is 1. The molecular formula is C22H22ClFN4O3. The summed E-state index contributed by atoms with van der Waals surface area (Å²) in [6, 6.07) is 10.2. The van der Waals surface area contributed by atoms with E-state index in [0.717, 1.165) is 0 Å². The van der Waals surface area contributed by atoms with Gasteiger partial charge in [0.05, 0.1) is 16.2 Å². The number of nitrogens with zero attached hydrogens (tertiary/aromatic N) is 3. The second kappa shape index (κ2) is 9.03. The lowest BCUT2D eigenvalue weighted by Crippen LogP contribution is -2.45. The van der Waals surface area contributed by atoms with Crippen LogP contribution in [0.1, 0.15) is 19.8 Å². The normalized spacial score (nSPS) is 15.7. The van der Waals surface area contributed by atoms with Crippen molar-refractivity contribution in [3.63, 3.8) is 0 Å². The molecule has 4 rings (SSSR count). The van der Waals surface area contributed by atoms with E-state index in [1.165, 1.54) is 19.3 Å². The van der Waals surface area contributed by atoms with E-state index in [-0.39, 0.29) is 22.7 Å². The van der Waals surface area contributed by atoms with Crippen LogP contribution in [0.4, 0.5) is 15.9 Å². The van der Waals surface area contributed by atoms with Crippen molar-refractivity contribution in [3.05, 3.63) is 53.6 Å². The van der Waals surface area contributed by atoms with Crippen LogP contribution in [0.2, 0.25) is 5.02 Å². The lowest BCUT2D eigenvalue weighted by Gasteiger charge is -2.32. The number of fused-ring (bicyclic) bond motifs is 1. The molecule has 0 spiro atoms. The lowest BCUT2D eigenvalue weighted by molar-refractivity contribution is -0.141. The van der Waals surface area contributed by atoms with Gasteiger partial charge in [-0.2, -0.15) is 0 Å².